The lowest BCUT2D eigenvalue weighted by molar-refractivity contribution is -0.385. The van der Waals surface area contributed by atoms with Gasteiger partial charge in [0.05, 0.1) is 32.0 Å². The molecule has 0 aromatic heterocycles. The van der Waals surface area contributed by atoms with Gasteiger partial charge in [0.25, 0.3) is 5.79 Å². The SMILES string of the molecule is CC(=O)N[C@H]1[C@H](O[C@@H]2[C@H](O[C@]3(C(=O)O)C[C@H](O)[C@@H](NC(C)=O)[C@H]([C@H](O)[C@H](O)CO)O3)[C@@H](O)[C@H](O)O[C@@H]2CO)O[C@H](CO)[C@H](O)[C@@H]1O. The highest BCUT2D eigenvalue weighted by Gasteiger charge is 2.60. The Balaban J connectivity index is 2.05. The molecule has 21 heteroatoms. The fourth-order valence-corrected chi connectivity index (χ4v) is 5.56. The van der Waals surface area contributed by atoms with Crippen LogP contribution in [0, 0.1) is 0 Å². The fourth-order valence-electron chi connectivity index (χ4n) is 5.56. The summed E-state index contributed by atoms with van der Waals surface area (Å²) in [6, 6.07) is -3.14. The zero-order valence-electron chi connectivity index (χ0n) is 24.7. The quantitative estimate of drug-likeness (QED) is 0.0913. The van der Waals surface area contributed by atoms with Crippen LogP contribution in [0.1, 0.15) is 20.3 Å². The summed E-state index contributed by atoms with van der Waals surface area (Å²) in [5.74, 6) is -6.55. The van der Waals surface area contributed by atoms with E-state index in [1.54, 1.807) is 0 Å². The summed E-state index contributed by atoms with van der Waals surface area (Å²) in [7, 11) is 0. The number of hydrogen-bond donors (Lipinski definition) is 13. The summed E-state index contributed by atoms with van der Waals surface area (Å²) in [6.07, 6.45) is -25.9. The Kier molecular flexibility index (Phi) is 13.1. The summed E-state index contributed by atoms with van der Waals surface area (Å²) in [5, 5.41) is 118. The molecule has 2 amide bonds. The van der Waals surface area contributed by atoms with E-state index in [1.807, 2.05) is 0 Å². The predicted molar refractivity (Wildman–Crippen MR) is 142 cm³/mol. The van der Waals surface area contributed by atoms with Crippen molar-refractivity contribution in [1.29, 1.82) is 0 Å². The molecule has 0 aromatic carbocycles. The summed E-state index contributed by atoms with van der Waals surface area (Å²) >= 11 is 0. The highest BCUT2D eigenvalue weighted by molar-refractivity contribution is 5.76. The molecule has 3 aliphatic heterocycles. The van der Waals surface area contributed by atoms with E-state index in [2.05, 4.69) is 10.6 Å². The Hall–Kier alpha value is -2.19. The maximum absolute atomic E-state index is 12.7. The van der Waals surface area contributed by atoms with E-state index in [0.29, 0.717) is 0 Å². The van der Waals surface area contributed by atoms with Crippen molar-refractivity contribution in [2.75, 3.05) is 19.8 Å². The van der Waals surface area contributed by atoms with Crippen LogP contribution in [0.25, 0.3) is 0 Å². The van der Waals surface area contributed by atoms with Crippen molar-refractivity contribution in [3.05, 3.63) is 0 Å². The second-order valence-corrected chi connectivity index (χ2v) is 11.2. The van der Waals surface area contributed by atoms with E-state index in [-0.39, 0.29) is 0 Å². The van der Waals surface area contributed by atoms with E-state index < -0.39 is 142 Å². The molecule has 0 unspecified atom stereocenters. The molecule has 13 N–H and O–H groups in total. The van der Waals surface area contributed by atoms with Gasteiger partial charge in [-0.3, -0.25) is 9.59 Å². The Labute approximate surface area is 260 Å². The van der Waals surface area contributed by atoms with Gasteiger partial charge in [0.15, 0.2) is 12.6 Å². The third-order valence-corrected chi connectivity index (χ3v) is 7.87. The minimum atomic E-state index is -3.06. The lowest BCUT2D eigenvalue weighted by Crippen LogP contribution is -2.71. The molecule has 0 saturated carbocycles. The maximum atomic E-state index is 12.7. The molecule has 3 heterocycles. The number of ether oxygens (including phenoxy) is 5. The van der Waals surface area contributed by atoms with Crippen LogP contribution in [0.4, 0.5) is 0 Å². The van der Waals surface area contributed by atoms with Crippen LogP contribution >= 0.6 is 0 Å². The number of aliphatic hydroxyl groups is 10. The second-order valence-electron chi connectivity index (χ2n) is 11.2. The van der Waals surface area contributed by atoms with Crippen LogP contribution in [0.3, 0.4) is 0 Å². The molecule has 3 fully saturated rings. The van der Waals surface area contributed by atoms with Crippen molar-refractivity contribution in [2.45, 2.75) is 118 Å². The average molecular weight is 675 g/mol. The van der Waals surface area contributed by atoms with E-state index in [1.165, 1.54) is 0 Å². The van der Waals surface area contributed by atoms with Crippen LogP contribution < -0.4 is 10.6 Å². The van der Waals surface area contributed by atoms with Crippen LogP contribution in [0.5, 0.6) is 0 Å². The van der Waals surface area contributed by atoms with Crippen molar-refractivity contribution < 1.29 is 94.2 Å². The number of carbonyl (C=O) groups is 3. The number of rotatable bonds is 12. The van der Waals surface area contributed by atoms with Gasteiger partial charge in [-0.05, 0) is 0 Å². The highest BCUT2D eigenvalue weighted by Crippen LogP contribution is 2.38. The van der Waals surface area contributed by atoms with Gasteiger partial charge < -0.3 is 90.5 Å². The molecule has 266 valence electrons. The monoisotopic (exact) mass is 674 g/mol. The largest absolute Gasteiger partial charge is 0.477 e. The van der Waals surface area contributed by atoms with Gasteiger partial charge in [-0.2, -0.15) is 0 Å². The molecule has 46 heavy (non-hydrogen) atoms. The molecule has 3 saturated heterocycles. The summed E-state index contributed by atoms with van der Waals surface area (Å²) in [4.78, 5) is 36.4. The van der Waals surface area contributed by atoms with Crippen LogP contribution in [0.15, 0.2) is 0 Å². The second kappa shape index (κ2) is 15.8. The van der Waals surface area contributed by atoms with Gasteiger partial charge in [0.1, 0.15) is 67.1 Å². The summed E-state index contributed by atoms with van der Waals surface area (Å²) in [5.41, 5.74) is 0. The van der Waals surface area contributed by atoms with Crippen molar-refractivity contribution in [1.82, 2.24) is 10.6 Å². The fraction of sp³-hybridized carbons (Fsp3) is 0.880. The first-order chi connectivity index (χ1) is 21.5. The minimum Gasteiger partial charge on any atom is -0.477 e. The smallest absolute Gasteiger partial charge is 0.364 e. The van der Waals surface area contributed by atoms with Gasteiger partial charge in [0, 0.05) is 20.3 Å². The number of hydrogen-bond acceptors (Lipinski definition) is 18. The summed E-state index contributed by atoms with van der Waals surface area (Å²) < 4.78 is 27.8. The van der Waals surface area contributed by atoms with Crippen molar-refractivity contribution in [2.24, 2.45) is 0 Å². The zero-order chi connectivity index (χ0) is 34.7. The van der Waals surface area contributed by atoms with E-state index >= 15 is 0 Å². The Morgan fingerprint density at radius 3 is 1.96 bits per heavy atom. The number of aliphatic carboxylic acids is 1. The molecule has 21 nitrogen and oxygen atoms in total. The Morgan fingerprint density at radius 1 is 0.848 bits per heavy atom. The summed E-state index contributed by atoms with van der Waals surface area (Å²) in [6.45, 7) is -0.822. The normalized spacial score (nSPS) is 42.9. The van der Waals surface area contributed by atoms with Crippen molar-refractivity contribution in [3.8, 4) is 0 Å². The van der Waals surface area contributed by atoms with Gasteiger partial charge in [-0.15, -0.1) is 0 Å². The Bertz CT molecular complexity index is 1050. The van der Waals surface area contributed by atoms with Crippen molar-refractivity contribution >= 4 is 17.8 Å². The highest BCUT2D eigenvalue weighted by atomic mass is 16.8. The van der Waals surface area contributed by atoms with Gasteiger partial charge >= 0.3 is 5.97 Å². The molecule has 0 aromatic rings. The van der Waals surface area contributed by atoms with Gasteiger partial charge in [-0.25, -0.2) is 4.79 Å². The lowest BCUT2D eigenvalue weighted by Gasteiger charge is -2.51. The molecular formula is C25H42N2O19. The predicted octanol–water partition coefficient (Wildman–Crippen LogP) is -8.08. The van der Waals surface area contributed by atoms with Crippen LogP contribution in [-0.2, 0) is 38.1 Å². The lowest BCUT2D eigenvalue weighted by atomic mass is 9.88. The van der Waals surface area contributed by atoms with Gasteiger partial charge in [0.2, 0.25) is 11.8 Å². The Morgan fingerprint density at radius 2 is 1.43 bits per heavy atom. The van der Waals surface area contributed by atoms with Crippen LogP contribution in [-0.4, -0.2) is 191 Å². The molecule has 0 aliphatic carbocycles. The standard InChI is InChI=1S/C25H42N2O19/c1-7(31)26-13-9(33)3-25(24(40)41,45-20(13)15(35)10(34)4-28)46-21-18(38)22(39)42-12(6-30)19(21)44-23-14(27-8(2)32)17(37)16(36)11(5-29)43-23/h9-23,28-30,33-39H,3-6H2,1-2H3,(H,26,31)(H,27,32)(H,40,41)/t9-,10+,11+,12+,13+,14+,15+,16-,17+,18+,19-,20+,21+,22+,23-,25-/m0/s1. The molecule has 0 spiro atoms. The van der Waals surface area contributed by atoms with E-state index in [9.17, 15) is 70.6 Å². The van der Waals surface area contributed by atoms with Crippen molar-refractivity contribution in [3.63, 3.8) is 0 Å². The molecule has 0 bridgehead atoms. The molecular weight excluding hydrogens is 632 g/mol. The number of aliphatic hydroxyl groups excluding tert-OH is 10. The third-order valence-electron chi connectivity index (χ3n) is 7.87. The molecule has 3 rings (SSSR count). The zero-order valence-corrected chi connectivity index (χ0v) is 24.7. The number of nitrogens with one attached hydrogen (secondary N) is 2. The molecule has 16 atom stereocenters. The number of amides is 2. The molecule has 3 aliphatic rings. The van der Waals surface area contributed by atoms with E-state index in [4.69, 9.17) is 23.7 Å². The third kappa shape index (κ3) is 8.08. The number of carbonyl (C=O) groups excluding carboxylic acids is 2. The first kappa shape index (κ1) is 38.3. The maximum Gasteiger partial charge on any atom is 0.364 e. The first-order valence-corrected chi connectivity index (χ1v) is 14.2. The minimum absolute atomic E-state index is 0.740. The van der Waals surface area contributed by atoms with Gasteiger partial charge in [-0.1, -0.05) is 0 Å². The van der Waals surface area contributed by atoms with Crippen LogP contribution in [0.2, 0.25) is 0 Å². The topological polar surface area (TPSA) is 344 Å². The van der Waals surface area contributed by atoms with E-state index in [0.717, 1.165) is 13.8 Å². The molecule has 0 radical (unpaired) electrons. The first-order valence-electron chi connectivity index (χ1n) is 14.2. The number of carboxylic acids is 1. The number of carboxylic acid groups (broad SMARTS) is 1. The average Bonchev–Trinajstić information content (AvgIpc) is 2.99.